The van der Waals surface area contributed by atoms with Gasteiger partial charge in [0, 0.05) is 0 Å². The molecule has 82 valence electrons. The van der Waals surface area contributed by atoms with E-state index in [0.717, 1.165) is 0 Å². The molecule has 0 aromatic heterocycles. The number of carbonyl (C=O) groups is 1. The third-order valence-corrected chi connectivity index (χ3v) is 1.93. The summed E-state index contributed by atoms with van der Waals surface area (Å²) in [6.07, 6.45) is -3.93. The van der Waals surface area contributed by atoms with Gasteiger partial charge < -0.3 is 14.6 Å². The molecular weight excluding hydrogens is 198 g/mol. The van der Waals surface area contributed by atoms with Gasteiger partial charge in [-0.2, -0.15) is 8.78 Å². The van der Waals surface area contributed by atoms with Gasteiger partial charge in [-0.3, -0.25) is 4.79 Å². The number of aldehydes is 1. The maximum Gasteiger partial charge on any atom is 0.330 e. The van der Waals surface area contributed by atoms with Gasteiger partial charge in [0.15, 0.2) is 18.2 Å². The molecule has 0 spiro atoms. The van der Waals surface area contributed by atoms with Gasteiger partial charge in [-0.1, -0.05) is 0 Å². The van der Waals surface area contributed by atoms with E-state index in [1.54, 1.807) is 13.8 Å². The Morgan fingerprint density at radius 1 is 1.64 bits per heavy atom. The van der Waals surface area contributed by atoms with Gasteiger partial charge in [0.25, 0.3) is 0 Å². The van der Waals surface area contributed by atoms with Crippen LogP contribution in [0.25, 0.3) is 0 Å². The summed E-state index contributed by atoms with van der Waals surface area (Å²) in [5.74, 6) is -4.79. The first kappa shape index (κ1) is 11.5. The number of alkyl halides is 2. The van der Waals surface area contributed by atoms with Crippen LogP contribution in [-0.4, -0.2) is 41.9 Å². The Kier molecular flexibility index (Phi) is 2.89. The number of rotatable bonds is 3. The maximum absolute atomic E-state index is 12.7. The molecule has 1 heterocycles. The molecule has 2 atom stereocenters. The van der Waals surface area contributed by atoms with E-state index in [-0.39, 0.29) is 6.61 Å². The van der Waals surface area contributed by atoms with E-state index >= 15 is 0 Å². The molecule has 0 radical (unpaired) electrons. The average Bonchev–Trinajstić information content (AvgIpc) is 2.44. The topological polar surface area (TPSA) is 55.8 Å². The van der Waals surface area contributed by atoms with Crippen molar-refractivity contribution in [1.82, 2.24) is 0 Å². The summed E-state index contributed by atoms with van der Waals surface area (Å²) in [6, 6.07) is 0. The molecule has 1 rings (SSSR count). The molecule has 1 saturated heterocycles. The summed E-state index contributed by atoms with van der Waals surface area (Å²) >= 11 is 0. The van der Waals surface area contributed by atoms with E-state index in [0.29, 0.717) is 0 Å². The Balaban J connectivity index is 2.64. The summed E-state index contributed by atoms with van der Waals surface area (Å²) in [4.78, 5) is 9.98. The van der Waals surface area contributed by atoms with Crippen molar-refractivity contribution >= 4 is 6.29 Å². The first-order valence-electron chi connectivity index (χ1n) is 4.12. The van der Waals surface area contributed by atoms with Crippen LogP contribution < -0.4 is 0 Å². The van der Waals surface area contributed by atoms with Crippen LogP contribution >= 0.6 is 0 Å². The quantitative estimate of drug-likeness (QED) is 0.682. The molecule has 14 heavy (non-hydrogen) atoms. The largest absolute Gasteiger partial charge is 0.383 e. The Morgan fingerprint density at radius 2 is 2.21 bits per heavy atom. The number of halogens is 2. The molecule has 1 aliphatic rings. The average molecular weight is 210 g/mol. The fraction of sp³-hybridized carbons (Fsp3) is 0.875. The van der Waals surface area contributed by atoms with Crippen LogP contribution in [0.5, 0.6) is 0 Å². The fourth-order valence-corrected chi connectivity index (χ4v) is 1.19. The highest BCUT2D eigenvalue weighted by Gasteiger charge is 2.48. The Labute approximate surface area is 79.8 Å². The van der Waals surface area contributed by atoms with Crippen LogP contribution in [0.3, 0.4) is 0 Å². The zero-order chi connectivity index (χ0) is 11.0. The number of hydrogen-bond acceptors (Lipinski definition) is 4. The van der Waals surface area contributed by atoms with Gasteiger partial charge in [-0.25, -0.2) is 0 Å². The number of ether oxygens (including phenoxy) is 2. The predicted octanol–water partition coefficient (Wildman–Crippen LogP) is 0.333. The van der Waals surface area contributed by atoms with Crippen LogP contribution in [0.15, 0.2) is 0 Å². The van der Waals surface area contributed by atoms with E-state index in [1.807, 2.05) is 0 Å². The van der Waals surface area contributed by atoms with Gasteiger partial charge in [-0.15, -0.1) is 0 Å². The standard InChI is InChI=1S/C8H12F2O4/c1-7(2)13-3-5(14-7)6(12)8(9,10)4-11/h4-6,12H,3H2,1-2H3/t5-,6-/m1/s1. The van der Waals surface area contributed by atoms with Crippen LogP contribution in [0.1, 0.15) is 13.8 Å². The lowest BCUT2D eigenvalue weighted by Gasteiger charge is -2.23. The highest BCUT2D eigenvalue weighted by atomic mass is 19.3. The maximum atomic E-state index is 12.7. The van der Waals surface area contributed by atoms with Gasteiger partial charge >= 0.3 is 5.92 Å². The molecule has 0 unspecified atom stereocenters. The normalized spacial score (nSPS) is 28.8. The van der Waals surface area contributed by atoms with Crippen LogP contribution in [-0.2, 0) is 14.3 Å². The van der Waals surface area contributed by atoms with Crippen LogP contribution in [0, 0.1) is 0 Å². The molecule has 4 nitrogen and oxygen atoms in total. The summed E-state index contributed by atoms with van der Waals surface area (Å²) in [5.41, 5.74) is 0. The van der Waals surface area contributed by atoms with Crippen molar-refractivity contribution < 1.29 is 28.2 Å². The molecule has 1 aliphatic heterocycles. The number of carbonyl (C=O) groups excluding carboxylic acids is 1. The minimum absolute atomic E-state index is 0.155. The summed E-state index contributed by atoms with van der Waals surface area (Å²) in [7, 11) is 0. The molecule has 0 aliphatic carbocycles. The van der Waals surface area contributed by atoms with E-state index in [2.05, 4.69) is 0 Å². The van der Waals surface area contributed by atoms with E-state index in [9.17, 15) is 13.6 Å². The first-order chi connectivity index (χ1) is 6.28. The van der Waals surface area contributed by atoms with Crippen molar-refractivity contribution in [2.75, 3.05) is 6.61 Å². The second-order valence-electron chi connectivity index (χ2n) is 3.60. The van der Waals surface area contributed by atoms with E-state index in [1.165, 1.54) is 0 Å². The summed E-state index contributed by atoms with van der Waals surface area (Å²) < 4.78 is 35.4. The molecular formula is C8H12F2O4. The monoisotopic (exact) mass is 210 g/mol. The van der Waals surface area contributed by atoms with Crippen molar-refractivity contribution in [3.05, 3.63) is 0 Å². The molecule has 0 amide bonds. The van der Waals surface area contributed by atoms with E-state index in [4.69, 9.17) is 14.6 Å². The van der Waals surface area contributed by atoms with Crippen LogP contribution in [0.4, 0.5) is 8.78 Å². The molecule has 0 aromatic rings. The second kappa shape index (κ2) is 3.52. The number of hydrogen-bond donors (Lipinski definition) is 1. The smallest absolute Gasteiger partial charge is 0.330 e. The summed E-state index contributed by atoms with van der Waals surface area (Å²) in [5, 5.41) is 9.12. The number of aliphatic hydroxyl groups is 1. The van der Waals surface area contributed by atoms with Crippen molar-refractivity contribution in [2.24, 2.45) is 0 Å². The highest BCUT2D eigenvalue weighted by molar-refractivity contribution is 5.60. The Hall–Kier alpha value is -0.590. The Bertz CT molecular complexity index is 229. The Morgan fingerprint density at radius 3 is 2.57 bits per heavy atom. The SMILES string of the molecule is CC1(C)OC[C@H]([C@@H](O)C(F)(F)C=O)O1. The molecule has 0 bridgehead atoms. The van der Waals surface area contributed by atoms with Crippen molar-refractivity contribution in [1.29, 1.82) is 0 Å². The predicted molar refractivity (Wildman–Crippen MR) is 41.9 cm³/mol. The van der Waals surface area contributed by atoms with Crippen molar-refractivity contribution in [3.63, 3.8) is 0 Å². The van der Waals surface area contributed by atoms with Crippen LogP contribution in [0.2, 0.25) is 0 Å². The lowest BCUT2D eigenvalue weighted by atomic mass is 10.1. The third-order valence-electron chi connectivity index (χ3n) is 1.93. The minimum Gasteiger partial charge on any atom is -0.383 e. The highest BCUT2D eigenvalue weighted by Crippen LogP contribution is 2.29. The van der Waals surface area contributed by atoms with Gasteiger partial charge in [-0.05, 0) is 13.8 Å². The molecule has 1 N–H and O–H groups in total. The first-order valence-corrected chi connectivity index (χ1v) is 4.12. The molecule has 1 fully saturated rings. The number of aliphatic hydroxyl groups excluding tert-OH is 1. The molecule has 0 saturated carbocycles. The summed E-state index contributed by atoms with van der Waals surface area (Å²) in [6.45, 7) is 2.93. The van der Waals surface area contributed by atoms with Gasteiger partial charge in [0.2, 0.25) is 0 Å². The third kappa shape index (κ3) is 2.26. The van der Waals surface area contributed by atoms with E-state index < -0.39 is 30.2 Å². The van der Waals surface area contributed by atoms with Gasteiger partial charge in [0.1, 0.15) is 6.10 Å². The fourth-order valence-electron chi connectivity index (χ4n) is 1.19. The second-order valence-corrected chi connectivity index (χ2v) is 3.60. The lowest BCUT2D eigenvalue weighted by Crippen LogP contribution is -2.45. The zero-order valence-electron chi connectivity index (χ0n) is 7.87. The minimum atomic E-state index is -3.80. The lowest BCUT2D eigenvalue weighted by molar-refractivity contribution is -0.186. The zero-order valence-corrected chi connectivity index (χ0v) is 7.87. The van der Waals surface area contributed by atoms with Crippen molar-refractivity contribution in [2.45, 2.75) is 37.8 Å². The van der Waals surface area contributed by atoms with Crippen molar-refractivity contribution in [3.8, 4) is 0 Å². The van der Waals surface area contributed by atoms with Gasteiger partial charge in [0.05, 0.1) is 6.61 Å². The molecule has 6 heteroatoms. The molecule has 0 aromatic carbocycles.